The average Bonchev–Trinajstić information content (AvgIpc) is 1.91. The van der Waals surface area contributed by atoms with Crippen molar-refractivity contribution in [2.24, 2.45) is 0 Å². The number of rotatable bonds is 2. The van der Waals surface area contributed by atoms with Gasteiger partial charge in [-0.2, -0.15) is 0 Å². The van der Waals surface area contributed by atoms with Crippen molar-refractivity contribution in [3.05, 3.63) is 6.92 Å². The summed E-state index contributed by atoms with van der Waals surface area (Å²) < 4.78 is 0. The molecule has 0 saturated carbocycles. The van der Waals surface area contributed by atoms with Crippen LogP contribution in [0.25, 0.3) is 0 Å². The molecule has 1 rings (SSSR count). The van der Waals surface area contributed by atoms with Gasteiger partial charge in [-0.1, -0.05) is 13.3 Å². The quantitative estimate of drug-likeness (QED) is 0.510. The van der Waals surface area contributed by atoms with Gasteiger partial charge in [0.2, 0.25) is 0 Å². The zero-order valence-corrected chi connectivity index (χ0v) is 6.10. The van der Waals surface area contributed by atoms with Crippen LogP contribution in [0.2, 0.25) is 0 Å². The molecule has 1 nitrogen and oxygen atoms in total. The summed E-state index contributed by atoms with van der Waals surface area (Å²) in [5, 5.41) is 0. The molecule has 0 spiro atoms. The summed E-state index contributed by atoms with van der Waals surface area (Å²) >= 11 is 0. The first-order valence-electron chi connectivity index (χ1n) is 3.95. The predicted octanol–water partition coefficient (Wildman–Crippen LogP) is 1.05. The van der Waals surface area contributed by atoms with Gasteiger partial charge in [0.25, 0.3) is 0 Å². The summed E-state index contributed by atoms with van der Waals surface area (Å²) in [6.45, 7) is 7.68. The molecule has 0 aromatic rings. The minimum atomic E-state index is 0. The van der Waals surface area contributed by atoms with Gasteiger partial charge in [-0.15, -0.1) is 0 Å². The van der Waals surface area contributed by atoms with Gasteiger partial charge in [-0.05, 0) is 38.9 Å². The van der Waals surface area contributed by atoms with E-state index in [4.69, 9.17) is 0 Å². The second-order valence-corrected chi connectivity index (χ2v) is 2.76. The van der Waals surface area contributed by atoms with Gasteiger partial charge in [0.1, 0.15) is 0 Å². The van der Waals surface area contributed by atoms with Crippen molar-refractivity contribution in [1.29, 1.82) is 0 Å². The maximum absolute atomic E-state index is 3.84. The van der Waals surface area contributed by atoms with E-state index in [1.54, 1.807) is 0 Å². The Morgan fingerprint density at radius 2 is 1.70 bits per heavy atom. The molecule has 0 N–H and O–H groups in total. The van der Waals surface area contributed by atoms with Crippen LogP contribution in [0, 0.1) is 6.92 Å². The fourth-order valence-electron chi connectivity index (χ4n) is 1.41. The molecule has 55 valence electrons. The summed E-state index contributed by atoms with van der Waals surface area (Å²) in [5.74, 6) is 0. The van der Waals surface area contributed by atoms with Crippen molar-refractivity contribution in [3.8, 4) is 0 Å². The van der Waals surface area contributed by atoms with Crippen LogP contribution < -0.4 is 0 Å². The van der Waals surface area contributed by atoms with Crippen molar-refractivity contribution in [2.45, 2.75) is 25.7 Å². The van der Waals surface area contributed by atoms with Crippen LogP contribution in [0.5, 0.6) is 0 Å². The normalized spacial score (nSPS) is 20.1. The van der Waals surface area contributed by atoms with Gasteiger partial charge < -0.3 is 4.90 Å². The van der Waals surface area contributed by atoms with Gasteiger partial charge in [0.15, 0.2) is 0 Å². The second-order valence-electron chi connectivity index (χ2n) is 2.76. The molecule has 0 bridgehead atoms. The number of hydrogen-bond donors (Lipinski definition) is 0. The Kier molecular flexibility index (Phi) is 6.63. The second kappa shape index (κ2) is 6.28. The van der Waals surface area contributed by atoms with E-state index < -0.39 is 0 Å². The van der Waals surface area contributed by atoms with Crippen molar-refractivity contribution in [1.82, 2.24) is 4.90 Å². The third kappa shape index (κ3) is 3.66. The van der Waals surface area contributed by atoms with E-state index in [1.165, 1.54) is 38.9 Å². The van der Waals surface area contributed by atoms with Gasteiger partial charge in [0, 0.05) is 0 Å². The number of likely N-dealkylation sites (tertiary alicyclic amines) is 1. The summed E-state index contributed by atoms with van der Waals surface area (Å²) in [6, 6.07) is 0. The van der Waals surface area contributed by atoms with E-state index >= 15 is 0 Å². The first-order chi connectivity index (χ1) is 4.43. The molecule has 1 heterocycles. The zero-order valence-electron chi connectivity index (χ0n) is 6.10. The summed E-state index contributed by atoms with van der Waals surface area (Å²) in [6.07, 6.45) is 5.31. The zero-order chi connectivity index (χ0) is 6.53. The van der Waals surface area contributed by atoms with Crippen LogP contribution >= 0.6 is 0 Å². The Morgan fingerprint density at radius 1 is 1.10 bits per heavy atom. The van der Waals surface area contributed by atoms with E-state index in [0.29, 0.717) is 0 Å². The van der Waals surface area contributed by atoms with E-state index in [9.17, 15) is 0 Å². The summed E-state index contributed by atoms with van der Waals surface area (Å²) in [5.41, 5.74) is 0. The third-order valence-electron chi connectivity index (χ3n) is 1.92. The van der Waals surface area contributed by atoms with E-state index in [1.807, 2.05) is 0 Å². The Bertz CT molecular complexity index is 66.9. The fourth-order valence-corrected chi connectivity index (χ4v) is 1.41. The molecule has 0 amide bonds. The van der Waals surface area contributed by atoms with Crippen molar-refractivity contribution < 1.29 is 0 Å². The van der Waals surface area contributed by atoms with Crippen LogP contribution in [0.4, 0.5) is 0 Å². The molecule has 1 aliphatic rings. The van der Waals surface area contributed by atoms with Gasteiger partial charge in [0.05, 0.1) is 0 Å². The monoisotopic (exact) mass is 134 g/mol. The molecule has 1 fully saturated rings. The van der Waals surface area contributed by atoms with Crippen LogP contribution in [0.1, 0.15) is 25.7 Å². The molecule has 0 aromatic carbocycles. The van der Waals surface area contributed by atoms with E-state index in [-0.39, 0.29) is 18.9 Å². The first kappa shape index (κ1) is 10.6. The topological polar surface area (TPSA) is 3.24 Å². The fraction of sp³-hybridized carbons (Fsp3) is 0.875. The van der Waals surface area contributed by atoms with Crippen LogP contribution in [-0.2, 0) is 0 Å². The van der Waals surface area contributed by atoms with Crippen molar-refractivity contribution in [3.63, 3.8) is 0 Å². The Morgan fingerprint density at radius 3 is 2.20 bits per heavy atom. The number of nitrogens with zero attached hydrogens (tertiary/aromatic N) is 1. The molecule has 0 aliphatic carbocycles. The van der Waals surface area contributed by atoms with Crippen molar-refractivity contribution >= 4 is 18.9 Å². The molecule has 2 heteroatoms. The van der Waals surface area contributed by atoms with E-state index in [2.05, 4.69) is 11.8 Å². The molecule has 1 radical (unpaired) electrons. The predicted molar refractivity (Wildman–Crippen MR) is 47.4 cm³/mol. The van der Waals surface area contributed by atoms with Gasteiger partial charge >= 0.3 is 18.9 Å². The average molecular weight is 134 g/mol. The molecule has 1 saturated heterocycles. The molecule has 10 heavy (non-hydrogen) atoms. The van der Waals surface area contributed by atoms with Gasteiger partial charge in [-0.25, -0.2) is 0 Å². The molecule has 0 aromatic heterocycles. The van der Waals surface area contributed by atoms with Crippen LogP contribution in [-0.4, -0.2) is 43.4 Å². The standard InChI is InChI=1S/C8H16N.Li.H/c1-2-6-9-7-4-3-5-8-9;;/h1-8H2;;. The Balaban J connectivity index is 0.000000810. The molecule has 0 unspecified atom stereocenters. The first-order valence-corrected chi connectivity index (χ1v) is 3.95. The Labute approximate surface area is 76.3 Å². The Hall–Kier alpha value is 0.557. The van der Waals surface area contributed by atoms with Crippen molar-refractivity contribution in [2.75, 3.05) is 19.6 Å². The van der Waals surface area contributed by atoms with E-state index in [0.717, 1.165) is 6.42 Å². The molecule has 1 aliphatic heterocycles. The SMILES string of the molecule is [CH2]CCN1CCCCC1.[LiH]. The van der Waals surface area contributed by atoms with Gasteiger partial charge in [-0.3, -0.25) is 0 Å². The molecular weight excluding hydrogens is 117 g/mol. The summed E-state index contributed by atoms with van der Waals surface area (Å²) in [7, 11) is 0. The maximum atomic E-state index is 3.84. The molecule has 0 atom stereocenters. The minimum absolute atomic E-state index is 0. The van der Waals surface area contributed by atoms with Crippen LogP contribution in [0.3, 0.4) is 0 Å². The number of hydrogen-bond acceptors (Lipinski definition) is 1. The third-order valence-corrected chi connectivity index (χ3v) is 1.92. The summed E-state index contributed by atoms with van der Waals surface area (Å²) in [4.78, 5) is 2.51. The number of piperidine rings is 1. The van der Waals surface area contributed by atoms with Crippen LogP contribution in [0.15, 0.2) is 0 Å². The molecular formula is C8H17LiN.